The molecule has 1 atom stereocenters. The number of rotatable bonds is 5. The van der Waals surface area contributed by atoms with Gasteiger partial charge in [0.05, 0.1) is 16.2 Å². The summed E-state index contributed by atoms with van der Waals surface area (Å²) in [5, 5.41) is 23.3. The van der Waals surface area contributed by atoms with E-state index in [4.69, 9.17) is 4.42 Å². The van der Waals surface area contributed by atoms with Crippen molar-refractivity contribution in [3.8, 4) is 16.8 Å². The van der Waals surface area contributed by atoms with E-state index in [0.29, 0.717) is 27.6 Å². The first kappa shape index (κ1) is 18.2. The van der Waals surface area contributed by atoms with Gasteiger partial charge in [0.25, 0.3) is 11.1 Å². The quantitative estimate of drug-likeness (QED) is 0.612. The second-order valence-corrected chi connectivity index (χ2v) is 9.33. The topological polar surface area (TPSA) is 91.8 Å². The minimum absolute atomic E-state index is 0.149. The maximum atomic E-state index is 12.3. The molecule has 0 fully saturated rings. The van der Waals surface area contributed by atoms with Gasteiger partial charge in [0.2, 0.25) is 5.91 Å². The molecule has 1 unspecified atom stereocenters. The molecule has 0 aliphatic heterocycles. The van der Waals surface area contributed by atoms with Crippen LogP contribution in [0.3, 0.4) is 0 Å². The Balaban J connectivity index is 1.40. The van der Waals surface area contributed by atoms with Crippen LogP contribution in [0.15, 0.2) is 27.2 Å². The second-order valence-electron chi connectivity index (χ2n) is 6.35. The second kappa shape index (κ2) is 7.84. The molecule has 1 aliphatic carbocycles. The number of carbonyl (C=O) groups excluding carboxylic acids is 1. The highest BCUT2D eigenvalue weighted by Gasteiger charge is 2.24. The Morgan fingerprint density at radius 2 is 2.41 bits per heavy atom. The molecule has 9 heteroatoms. The molecule has 3 aromatic heterocycles. The molecule has 1 amide bonds. The molecule has 0 spiro atoms. The third-order valence-corrected chi connectivity index (χ3v) is 7.19. The lowest BCUT2D eigenvalue weighted by Crippen LogP contribution is -2.14. The van der Waals surface area contributed by atoms with Crippen LogP contribution in [0.5, 0.6) is 0 Å². The number of nitrogens with one attached hydrogen (secondary N) is 1. The molecular weight excluding hydrogens is 400 g/mol. The molecule has 0 radical (unpaired) electrons. The summed E-state index contributed by atoms with van der Waals surface area (Å²) in [6.45, 7) is 2.22. The minimum Gasteiger partial charge on any atom is -0.410 e. The molecule has 27 heavy (non-hydrogen) atoms. The van der Waals surface area contributed by atoms with Gasteiger partial charge in [0.1, 0.15) is 11.1 Å². The van der Waals surface area contributed by atoms with Crippen LogP contribution in [0.1, 0.15) is 29.3 Å². The number of amides is 1. The van der Waals surface area contributed by atoms with E-state index in [1.54, 1.807) is 0 Å². The van der Waals surface area contributed by atoms with Crippen LogP contribution in [0.2, 0.25) is 0 Å². The Morgan fingerprint density at radius 1 is 1.52 bits per heavy atom. The number of fused-ring (bicyclic) bond motifs is 1. The highest BCUT2D eigenvalue weighted by molar-refractivity contribution is 7.99. The van der Waals surface area contributed by atoms with E-state index in [2.05, 4.69) is 28.5 Å². The van der Waals surface area contributed by atoms with Gasteiger partial charge in [-0.05, 0) is 42.2 Å². The van der Waals surface area contributed by atoms with Gasteiger partial charge in [0, 0.05) is 4.88 Å². The molecule has 0 saturated heterocycles. The summed E-state index contributed by atoms with van der Waals surface area (Å²) in [6.07, 6.45) is 2.98. The van der Waals surface area contributed by atoms with Crippen LogP contribution in [-0.2, 0) is 17.6 Å². The maximum absolute atomic E-state index is 12.3. The number of anilines is 1. The molecule has 0 bridgehead atoms. The summed E-state index contributed by atoms with van der Waals surface area (Å²) >= 11 is 4.24. The predicted octanol–water partition coefficient (Wildman–Crippen LogP) is 4.59. The summed E-state index contributed by atoms with van der Waals surface area (Å²) in [4.78, 5) is 14.5. The van der Waals surface area contributed by atoms with E-state index in [-0.39, 0.29) is 11.7 Å². The summed E-state index contributed by atoms with van der Waals surface area (Å²) in [5.74, 6) is 1.05. The summed E-state index contributed by atoms with van der Waals surface area (Å²) in [7, 11) is 0. The lowest BCUT2D eigenvalue weighted by molar-refractivity contribution is -0.113. The van der Waals surface area contributed by atoms with Crippen molar-refractivity contribution in [3.05, 3.63) is 33.5 Å². The van der Waals surface area contributed by atoms with Gasteiger partial charge in [-0.25, -0.2) is 0 Å². The zero-order chi connectivity index (χ0) is 18.8. The van der Waals surface area contributed by atoms with E-state index < -0.39 is 0 Å². The molecular formula is C18H16N4O2S3. The van der Waals surface area contributed by atoms with E-state index in [1.165, 1.54) is 39.3 Å². The highest BCUT2D eigenvalue weighted by Crippen LogP contribution is 2.39. The molecule has 4 rings (SSSR count). The van der Waals surface area contributed by atoms with Gasteiger partial charge >= 0.3 is 0 Å². The standard InChI is InChI=1S/C18H16N4O2S3/c1-10-4-5-11-12(8-19)17(27-14(11)7-10)20-15(23)9-26-18-22-21-16(24-18)13-3-2-6-25-13/h2-3,6,10H,4-5,7,9H2,1H3,(H,20,23). The van der Waals surface area contributed by atoms with Crippen molar-refractivity contribution in [2.45, 2.75) is 31.4 Å². The Kier molecular flexibility index (Phi) is 5.29. The number of hydrogen-bond donors (Lipinski definition) is 1. The van der Waals surface area contributed by atoms with Crippen LogP contribution in [-0.4, -0.2) is 21.9 Å². The number of nitrogens with zero attached hydrogens (tertiary/aromatic N) is 3. The van der Waals surface area contributed by atoms with Crippen molar-refractivity contribution in [2.75, 3.05) is 11.1 Å². The van der Waals surface area contributed by atoms with E-state index in [9.17, 15) is 10.1 Å². The third kappa shape index (κ3) is 3.93. The average Bonchev–Trinajstić information content (AvgIpc) is 3.38. The summed E-state index contributed by atoms with van der Waals surface area (Å²) in [5.41, 5.74) is 1.74. The predicted molar refractivity (Wildman–Crippen MR) is 107 cm³/mol. The summed E-state index contributed by atoms with van der Waals surface area (Å²) < 4.78 is 5.57. The Morgan fingerprint density at radius 3 is 3.19 bits per heavy atom. The smallest absolute Gasteiger partial charge is 0.277 e. The number of nitriles is 1. The summed E-state index contributed by atoms with van der Waals surface area (Å²) in [6, 6.07) is 6.09. The van der Waals surface area contributed by atoms with Crippen molar-refractivity contribution in [3.63, 3.8) is 0 Å². The van der Waals surface area contributed by atoms with E-state index in [1.807, 2.05) is 17.5 Å². The van der Waals surface area contributed by atoms with Crippen molar-refractivity contribution in [2.24, 2.45) is 5.92 Å². The fourth-order valence-corrected chi connectivity index (χ4v) is 5.60. The normalized spacial score (nSPS) is 15.9. The highest BCUT2D eigenvalue weighted by atomic mass is 32.2. The monoisotopic (exact) mass is 416 g/mol. The molecule has 138 valence electrons. The molecule has 1 N–H and O–H groups in total. The number of hydrogen-bond acceptors (Lipinski definition) is 8. The average molecular weight is 417 g/mol. The van der Waals surface area contributed by atoms with Crippen LogP contribution in [0.4, 0.5) is 5.00 Å². The van der Waals surface area contributed by atoms with Crippen LogP contribution >= 0.6 is 34.4 Å². The first-order valence-electron chi connectivity index (χ1n) is 8.48. The van der Waals surface area contributed by atoms with E-state index >= 15 is 0 Å². The van der Waals surface area contributed by atoms with Gasteiger partial charge < -0.3 is 9.73 Å². The fraction of sp³-hybridized carbons (Fsp3) is 0.333. The fourth-order valence-electron chi connectivity index (χ4n) is 3.02. The molecule has 3 aromatic rings. The zero-order valence-corrected chi connectivity index (χ0v) is 17.0. The molecule has 0 saturated carbocycles. The van der Waals surface area contributed by atoms with Gasteiger partial charge in [0.15, 0.2) is 0 Å². The van der Waals surface area contributed by atoms with Crippen LogP contribution < -0.4 is 5.32 Å². The Bertz CT molecular complexity index is 1000. The maximum Gasteiger partial charge on any atom is 0.277 e. The van der Waals surface area contributed by atoms with Crippen molar-refractivity contribution < 1.29 is 9.21 Å². The Hall–Kier alpha value is -2.15. The first-order valence-corrected chi connectivity index (χ1v) is 11.2. The minimum atomic E-state index is -0.181. The number of aromatic nitrogens is 2. The lowest BCUT2D eigenvalue weighted by atomic mass is 9.89. The molecule has 6 nitrogen and oxygen atoms in total. The van der Waals surface area contributed by atoms with Crippen molar-refractivity contribution >= 4 is 45.3 Å². The number of thiophene rings is 2. The number of thioether (sulfide) groups is 1. The zero-order valence-electron chi connectivity index (χ0n) is 14.5. The largest absolute Gasteiger partial charge is 0.410 e. The molecule has 3 heterocycles. The lowest BCUT2D eigenvalue weighted by Gasteiger charge is -2.17. The van der Waals surface area contributed by atoms with Gasteiger partial charge in [-0.2, -0.15) is 5.26 Å². The molecule has 1 aliphatic rings. The van der Waals surface area contributed by atoms with E-state index in [0.717, 1.165) is 29.7 Å². The SMILES string of the molecule is CC1CCc2c(sc(NC(=O)CSc3nnc(-c4cccs4)o3)c2C#N)C1. The first-order chi connectivity index (χ1) is 13.1. The molecule has 0 aromatic carbocycles. The Labute approximate surface area is 168 Å². The third-order valence-electron chi connectivity index (χ3n) is 4.34. The van der Waals surface area contributed by atoms with Gasteiger partial charge in [-0.1, -0.05) is 24.8 Å². The van der Waals surface area contributed by atoms with Gasteiger partial charge in [-0.3, -0.25) is 4.79 Å². The van der Waals surface area contributed by atoms with Crippen molar-refractivity contribution in [1.82, 2.24) is 10.2 Å². The van der Waals surface area contributed by atoms with Crippen LogP contribution in [0.25, 0.3) is 10.8 Å². The van der Waals surface area contributed by atoms with Crippen molar-refractivity contribution in [1.29, 1.82) is 5.26 Å². The van der Waals surface area contributed by atoms with Gasteiger partial charge in [-0.15, -0.1) is 32.9 Å². The number of carbonyl (C=O) groups is 1. The van der Waals surface area contributed by atoms with Crippen LogP contribution in [0, 0.1) is 17.2 Å².